The number of aromatic nitrogens is 2. The van der Waals surface area contributed by atoms with Crippen LogP contribution in [0.4, 0.5) is 11.4 Å². The van der Waals surface area contributed by atoms with Crippen LogP contribution in [0.5, 0.6) is 0 Å². The summed E-state index contributed by atoms with van der Waals surface area (Å²) >= 11 is 0. The van der Waals surface area contributed by atoms with Crippen LogP contribution < -0.4 is 15.2 Å². The number of carbonyl (C=O) groups is 1. The molecule has 1 aromatic heterocycles. The van der Waals surface area contributed by atoms with E-state index >= 15 is 0 Å². The number of aryl methyl sites for hydroxylation is 2. The molecule has 0 saturated carbocycles. The summed E-state index contributed by atoms with van der Waals surface area (Å²) < 4.78 is 27.0. The van der Waals surface area contributed by atoms with Crippen molar-refractivity contribution in [2.45, 2.75) is 45.1 Å². The zero-order valence-electron chi connectivity index (χ0n) is 16.1. The second-order valence-corrected chi connectivity index (χ2v) is 9.52. The molecule has 0 radical (unpaired) electrons. The normalized spacial score (nSPS) is 18.1. The topological polar surface area (TPSA) is 101 Å². The first kappa shape index (κ1) is 19.6. The summed E-state index contributed by atoms with van der Waals surface area (Å²) in [5.74, 6) is -0.192. The van der Waals surface area contributed by atoms with Gasteiger partial charge < -0.3 is 5.32 Å². The fourth-order valence-electron chi connectivity index (χ4n) is 3.84. The van der Waals surface area contributed by atoms with Gasteiger partial charge in [-0.2, -0.15) is 5.10 Å². The Morgan fingerprint density at radius 3 is 2.59 bits per heavy atom. The van der Waals surface area contributed by atoms with Crippen molar-refractivity contribution in [1.29, 1.82) is 0 Å². The molecule has 1 aliphatic heterocycles. The first-order chi connectivity index (χ1) is 13.9. The van der Waals surface area contributed by atoms with Gasteiger partial charge in [-0.25, -0.2) is 13.1 Å². The van der Waals surface area contributed by atoms with Gasteiger partial charge in [0.1, 0.15) is 6.54 Å². The number of sulfonamides is 1. The van der Waals surface area contributed by atoms with Gasteiger partial charge >= 0.3 is 0 Å². The van der Waals surface area contributed by atoms with Crippen molar-refractivity contribution < 1.29 is 13.2 Å². The number of fused-ring (bicyclic) bond motifs is 1. The molecule has 1 saturated heterocycles. The molecule has 0 bridgehead atoms. The summed E-state index contributed by atoms with van der Waals surface area (Å²) in [4.78, 5) is 24.6. The molecule has 1 aromatic carbocycles. The number of rotatable bonds is 4. The van der Waals surface area contributed by atoms with Gasteiger partial charge in [-0.3, -0.25) is 13.9 Å². The predicted octanol–water partition coefficient (Wildman–Crippen LogP) is 1.69. The summed E-state index contributed by atoms with van der Waals surface area (Å²) in [5.41, 5.74) is 2.75. The summed E-state index contributed by atoms with van der Waals surface area (Å²) in [6, 6.07) is 8.28. The molecule has 1 amide bonds. The smallest absolute Gasteiger partial charge is 0.267 e. The molecule has 0 atom stereocenters. The van der Waals surface area contributed by atoms with Gasteiger partial charge in [-0.15, -0.1) is 0 Å². The Hall–Kier alpha value is -2.68. The van der Waals surface area contributed by atoms with Gasteiger partial charge in [0.25, 0.3) is 5.56 Å². The van der Waals surface area contributed by atoms with Gasteiger partial charge in [0.15, 0.2) is 0 Å². The van der Waals surface area contributed by atoms with E-state index in [1.54, 1.807) is 30.3 Å². The number of amides is 1. The average Bonchev–Trinajstić information content (AvgIpc) is 2.69. The zero-order valence-corrected chi connectivity index (χ0v) is 17.0. The van der Waals surface area contributed by atoms with Crippen molar-refractivity contribution in [3.8, 4) is 0 Å². The summed E-state index contributed by atoms with van der Waals surface area (Å²) in [6.45, 7) is 0.315. The number of hydrogen-bond donors (Lipinski definition) is 1. The lowest BCUT2D eigenvalue weighted by Crippen LogP contribution is -2.37. The van der Waals surface area contributed by atoms with E-state index in [0.717, 1.165) is 43.4 Å². The third kappa shape index (κ3) is 4.34. The van der Waals surface area contributed by atoms with Gasteiger partial charge in [-0.1, -0.05) is 0 Å². The van der Waals surface area contributed by atoms with Crippen LogP contribution in [0.15, 0.2) is 35.1 Å². The second-order valence-electron chi connectivity index (χ2n) is 7.51. The number of nitrogens with one attached hydrogen (secondary N) is 1. The van der Waals surface area contributed by atoms with E-state index in [2.05, 4.69) is 10.4 Å². The molecule has 0 unspecified atom stereocenters. The maximum atomic E-state index is 12.4. The van der Waals surface area contributed by atoms with Crippen molar-refractivity contribution in [3.63, 3.8) is 0 Å². The van der Waals surface area contributed by atoms with Gasteiger partial charge in [0.2, 0.25) is 15.9 Å². The number of benzene rings is 1. The van der Waals surface area contributed by atoms with Gasteiger partial charge in [0, 0.05) is 18.3 Å². The number of carbonyl (C=O) groups excluding carboxylic acids is 1. The van der Waals surface area contributed by atoms with Crippen LogP contribution >= 0.6 is 0 Å². The first-order valence-electron chi connectivity index (χ1n) is 9.93. The number of hydrogen-bond acceptors (Lipinski definition) is 5. The Morgan fingerprint density at radius 2 is 1.83 bits per heavy atom. The molecule has 9 heteroatoms. The minimum atomic E-state index is -3.27. The monoisotopic (exact) mass is 416 g/mol. The van der Waals surface area contributed by atoms with E-state index in [0.29, 0.717) is 24.3 Å². The molecule has 1 aliphatic carbocycles. The summed E-state index contributed by atoms with van der Waals surface area (Å²) in [6.07, 6.45) is 5.32. The Bertz CT molecular complexity index is 1080. The lowest BCUT2D eigenvalue weighted by molar-refractivity contribution is -0.117. The molecule has 2 heterocycles. The van der Waals surface area contributed by atoms with Crippen LogP contribution in [0, 0.1) is 0 Å². The fourth-order valence-corrected chi connectivity index (χ4v) is 5.48. The summed E-state index contributed by atoms with van der Waals surface area (Å²) in [5, 5.41) is 7.10. The van der Waals surface area contributed by atoms with E-state index in [1.165, 1.54) is 8.99 Å². The SMILES string of the molecule is O=C(Cn1nc2c(cc1=O)CCCC2)Nc1ccc(N2CCCCS2(=O)=O)cc1. The number of nitrogens with zero attached hydrogens (tertiary/aromatic N) is 3. The second kappa shape index (κ2) is 7.98. The highest BCUT2D eigenvalue weighted by atomic mass is 32.2. The Balaban J connectivity index is 1.43. The van der Waals surface area contributed by atoms with E-state index < -0.39 is 10.0 Å². The Kier molecular flexibility index (Phi) is 5.40. The molecule has 154 valence electrons. The highest BCUT2D eigenvalue weighted by Crippen LogP contribution is 2.25. The van der Waals surface area contributed by atoms with Crippen molar-refractivity contribution in [2.75, 3.05) is 21.9 Å². The van der Waals surface area contributed by atoms with E-state index in [-0.39, 0.29) is 23.8 Å². The van der Waals surface area contributed by atoms with Crippen molar-refractivity contribution in [3.05, 3.63) is 51.9 Å². The van der Waals surface area contributed by atoms with Crippen molar-refractivity contribution >= 4 is 27.3 Å². The third-order valence-electron chi connectivity index (χ3n) is 5.36. The third-order valence-corrected chi connectivity index (χ3v) is 7.23. The van der Waals surface area contributed by atoms with Crippen LogP contribution in [-0.2, 0) is 34.2 Å². The molecule has 1 fully saturated rings. The van der Waals surface area contributed by atoms with Crippen LogP contribution in [0.2, 0.25) is 0 Å². The lowest BCUT2D eigenvalue weighted by Gasteiger charge is -2.28. The maximum Gasteiger partial charge on any atom is 0.267 e. The highest BCUT2D eigenvalue weighted by molar-refractivity contribution is 7.92. The van der Waals surface area contributed by atoms with E-state index in [4.69, 9.17) is 0 Å². The van der Waals surface area contributed by atoms with Crippen LogP contribution in [0.3, 0.4) is 0 Å². The molecule has 29 heavy (non-hydrogen) atoms. The number of anilines is 2. The molecule has 1 N–H and O–H groups in total. The standard InChI is InChI=1S/C20H24N4O4S/c25-19(14-23-20(26)13-15-5-1-2-6-18(15)22-23)21-16-7-9-17(10-8-16)24-11-3-4-12-29(24,27)28/h7-10,13H,1-6,11-12,14H2,(H,21,25). The molecule has 2 aliphatic rings. The van der Waals surface area contributed by atoms with Gasteiger partial charge in [-0.05, 0) is 68.4 Å². The van der Waals surface area contributed by atoms with E-state index in [9.17, 15) is 18.0 Å². The maximum absolute atomic E-state index is 12.4. The van der Waals surface area contributed by atoms with Gasteiger partial charge in [0.05, 0.1) is 17.1 Å². The fraction of sp³-hybridized carbons (Fsp3) is 0.450. The van der Waals surface area contributed by atoms with E-state index in [1.807, 2.05) is 0 Å². The molecular formula is C20H24N4O4S. The van der Waals surface area contributed by atoms with Crippen molar-refractivity contribution in [2.24, 2.45) is 0 Å². The van der Waals surface area contributed by atoms with Crippen LogP contribution in [0.1, 0.15) is 36.9 Å². The van der Waals surface area contributed by atoms with Crippen LogP contribution in [-0.4, -0.2) is 36.4 Å². The molecule has 0 spiro atoms. The molecule has 2 aromatic rings. The average molecular weight is 417 g/mol. The predicted molar refractivity (Wildman–Crippen MR) is 111 cm³/mol. The minimum Gasteiger partial charge on any atom is -0.324 e. The van der Waals surface area contributed by atoms with Crippen LogP contribution in [0.25, 0.3) is 0 Å². The zero-order chi connectivity index (χ0) is 20.4. The highest BCUT2D eigenvalue weighted by Gasteiger charge is 2.25. The molecule has 4 rings (SSSR count). The van der Waals surface area contributed by atoms with Crippen molar-refractivity contribution in [1.82, 2.24) is 9.78 Å². The Morgan fingerprint density at radius 1 is 1.07 bits per heavy atom. The summed E-state index contributed by atoms with van der Waals surface area (Å²) in [7, 11) is -3.27. The molecule has 8 nitrogen and oxygen atoms in total. The molecular weight excluding hydrogens is 392 g/mol. The lowest BCUT2D eigenvalue weighted by atomic mass is 9.97. The largest absolute Gasteiger partial charge is 0.324 e. The first-order valence-corrected chi connectivity index (χ1v) is 11.5. The minimum absolute atomic E-state index is 0.158. The Labute approximate surface area is 169 Å². The quantitative estimate of drug-likeness (QED) is 0.817.